The van der Waals surface area contributed by atoms with Crippen molar-refractivity contribution < 1.29 is 19.1 Å². The zero-order valence-corrected chi connectivity index (χ0v) is 24.2. The molecule has 1 unspecified atom stereocenters. The van der Waals surface area contributed by atoms with Crippen molar-refractivity contribution in [3.63, 3.8) is 0 Å². The topological polar surface area (TPSA) is 84.5 Å². The number of hydrogen-bond donors (Lipinski definition) is 2. The molecule has 2 amide bonds. The molecule has 0 aliphatic heterocycles. The Labute approximate surface area is 238 Å². The summed E-state index contributed by atoms with van der Waals surface area (Å²) in [6, 6.07) is 17.2. The Balaban J connectivity index is 1.60. The van der Waals surface area contributed by atoms with Gasteiger partial charge in [0.05, 0.1) is 12.2 Å². The van der Waals surface area contributed by atoms with Crippen LogP contribution in [0.4, 0.5) is 10.7 Å². The van der Waals surface area contributed by atoms with Gasteiger partial charge < -0.3 is 15.4 Å². The molecule has 2 N–H and O–H groups in total. The Morgan fingerprint density at radius 1 is 0.974 bits per heavy atom. The highest BCUT2D eigenvalue weighted by atomic mass is 32.2. The van der Waals surface area contributed by atoms with Gasteiger partial charge in [0.15, 0.2) is 0 Å². The third-order valence-corrected chi connectivity index (χ3v) is 9.06. The fourth-order valence-electron chi connectivity index (χ4n) is 4.67. The van der Waals surface area contributed by atoms with Gasteiger partial charge in [0, 0.05) is 21.9 Å². The maximum Gasteiger partial charge on any atom is 0.341 e. The molecule has 1 aliphatic carbocycles. The number of fused-ring (bicyclic) bond motifs is 1. The van der Waals surface area contributed by atoms with Crippen LogP contribution >= 0.6 is 23.1 Å². The molecule has 0 saturated heterocycles. The molecule has 6 nitrogen and oxygen atoms in total. The first-order valence-electron chi connectivity index (χ1n) is 13.7. The number of carbonyl (C=O) groups excluding carboxylic acids is 3. The minimum absolute atomic E-state index is 0.0136. The maximum atomic E-state index is 13.9. The molecule has 0 spiro atoms. The van der Waals surface area contributed by atoms with Crippen molar-refractivity contribution in [2.75, 3.05) is 17.2 Å². The van der Waals surface area contributed by atoms with Gasteiger partial charge in [-0.15, -0.1) is 23.1 Å². The predicted octanol–water partition coefficient (Wildman–Crippen LogP) is 7.79. The zero-order chi connectivity index (χ0) is 27.6. The van der Waals surface area contributed by atoms with E-state index in [9.17, 15) is 14.4 Å². The molecule has 39 heavy (non-hydrogen) atoms. The van der Waals surface area contributed by atoms with Crippen molar-refractivity contribution in [1.29, 1.82) is 0 Å². The van der Waals surface area contributed by atoms with Gasteiger partial charge in [-0.25, -0.2) is 4.79 Å². The summed E-state index contributed by atoms with van der Waals surface area (Å²) in [5, 5.41) is 6.08. The number of unbranched alkanes of at least 4 members (excludes halogenated alkanes) is 1. The number of thiophene rings is 1. The molecule has 0 saturated carbocycles. The number of rotatable bonds is 11. The Morgan fingerprint density at radius 2 is 1.77 bits per heavy atom. The van der Waals surface area contributed by atoms with Gasteiger partial charge in [-0.1, -0.05) is 56.2 Å². The lowest BCUT2D eigenvalue weighted by Gasteiger charge is -2.18. The molecule has 3 aromatic rings. The number of ether oxygens (including phenoxy) is 1. The number of amides is 2. The van der Waals surface area contributed by atoms with E-state index >= 15 is 0 Å². The lowest BCUT2D eigenvalue weighted by molar-refractivity contribution is -0.116. The third-order valence-electron chi connectivity index (χ3n) is 6.61. The molecule has 0 bridgehead atoms. The number of hydrogen-bond acceptors (Lipinski definition) is 6. The van der Waals surface area contributed by atoms with E-state index in [1.54, 1.807) is 6.92 Å². The van der Waals surface area contributed by atoms with Crippen LogP contribution in [0.25, 0.3) is 0 Å². The summed E-state index contributed by atoms with van der Waals surface area (Å²) in [5.74, 6) is -0.589. The molecule has 8 heteroatoms. The molecule has 1 heterocycles. The Morgan fingerprint density at radius 3 is 2.54 bits per heavy atom. The van der Waals surface area contributed by atoms with Crippen LogP contribution in [0.1, 0.15) is 84.0 Å². The van der Waals surface area contributed by atoms with Crippen LogP contribution < -0.4 is 10.6 Å². The van der Waals surface area contributed by atoms with Crippen LogP contribution in [0.5, 0.6) is 0 Å². The molecular weight excluding hydrogens is 528 g/mol. The van der Waals surface area contributed by atoms with Crippen molar-refractivity contribution in [2.45, 2.75) is 75.4 Å². The molecule has 0 radical (unpaired) electrons. The number of thioether (sulfide) groups is 1. The van der Waals surface area contributed by atoms with Gasteiger partial charge in [0.25, 0.3) is 0 Å². The molecule has 2 aromatic carbocycles. The minimum atomic E-state index is -0.561. The van der Waals surface area contributed by atoms with Crippen molar-refractivity contribution in [1.82, 2.24) is 0 Å². The van der Waals surface area contributed by atoms with E-state index in [0.29, 0.717) is 22.7 Å². The fraction of sp³-hybridized carbons (Fsp3) is 0.387. The maximum absolute atomic E-state index is 13.9. The summed E-state index contributed by atoms with van der Waals surface area (Å²) in [6.45, 7) is 4.14. The number of aryl methyl sites for hydroxylation is 1. The Bertz CT molecular complexity index is 1290. The quantitative estimate of drug-likeness (QED) is 0.141. The van der Waals surface area contributed by atoms with E-state index in [1.807, 2.05) is 54.6 Å². The Hall–Kier alpha value is -3.10. The average Bonchev–Trinajstić information content (AvgIpc) is 3.11. The second kappa shape index (κ2) is 14.3. The molecule has 206 valence electrons. The molecule has 0 fully saturated rings. The normalized spacial score (nSPS) is 13.6. The van der Waals surface area contributed by atoms with Crippen LogP contribution in [0, 0.1) is 0 Å². The van der Waals surface area contributed by atoms with Crippen LogP contribution in [-0.2, 0) is 27.2 Å². The smallest absolute Gasteiger partial charge is 0.341 e. The lowest BCUT2D eigenvalue weighted by atomic mass is 10.1. The van der Waals surface area contributed by atoms with Crippen molar-refractivity contribution >= 4 is 51.6 Å². The van der Waals surface area contributed by atoms with Crippen molar-refractivity contribution in [3.8, 4) is 0 Å². The second-order valence-electron chi connectivity index (χ2n) is 9.57. The molecule has 4 rings (SSSR count). The molecule has 1 atom stereocenters. The predicted molar refractivity (Wildman–Crippen MR) is 160 cm³/mol. The standard InChI is InChI=1S/C31H36N2O4S2/c1-3-5-19-26(34)32-22-15-12-16-23(20-22)38-28(21-13-8-6-9-14-21)29(35)33-30-27(31(36)37-4-2)24-17-10-7-11-18-25(24)39-30/h6,8-9,12-16,20,28H,3-5,7,10-11,17-19H2,1-2H3,(H,32,34)(H,33,35). The fourth-order valence-corrected chi connectivity index (χ4v) is 7.04. The first kappa shape index (κ1) is 28.9. The van der Waals surface area contributed by atoms with E-state index < -0.39 is 5.25 Å². The lowest BCUT2D eigenvalue weighted by Crippen LogP contribution is -2.20. The Kier molecular flexibility index (Phi) is 10.6. The third kappa shape index (κ3) is 7.73. The van der Waals surface area contributed by atoms with Crippen molar-refractivity contribution in [2.24, 2.45) is 0 Å². The van der Waals surface area contributed by atoms with Crippen molar-refractivity contribution in [3.05, 3.63) is 76.2 Å². The highest BCUT2D eigenvalue weighted by Gasteiger charge is 2.29. The summed E-state index contributed by atoms with van der Waals surface area (Å²) in [5.41, 5.74) is 3.11. The SMILES string of the molecule is CCCCC(=O)Nc1cccc(SC(C(=O)Nc2sc3c(c2C(=O)OCC)CCCCC3)c2ccccc2)c1. The molecule has 1 aliphatic rings. The van der Waals surface area contributed by atoms with Gasteiger partial charge in [-0.2, -0.15) is 0 Å². The van der Waals surface area contributed by atoms with Gasteiger partial charge in [-0.05, 0) is 68.4 Å². The van der Waals surface area contributed by atoms with E-state index in [-0.39, 0.29) is 24.4 Å². The number of anilines is 2. The largest absolute Gasteiger partial charge is 0.462 e. The van der Waals surface area contributed by atoms with Crippen LogP contribution in [0.3, 0.4) is 0 Å². The van der Waals surface area contributed by atoms with E-state index in [4.69, 9.17) is 4.74 Å². The molecule has 1 aromatic heterocycles. The first-order chi connectivity index (χ1) is 19.0. The van der Waals surface area contributed by atoms with E-state index in [2.05, 4.69) is 17.6 Å². The second-order valence-corrected chi connectivity index (χ2v) is 11.9. The summed E-state index contributed by atoms with van der Waals surface area (Å²) >= 11 is 2.92. The number of nitrogens with one attached hydrogen (secondary N) is 2. The number of carbonyl (C=O) groups is 3. The van der Waals surface area contributed by atoms with Gasteiger partial charge in [-0.3, -0.25) is 9.59 Å². The monoisotopic (exact) mass is 564 g/mol. The van der Waals surface area contributed by atoms with Crippen LogP contribution in [0.2, 0.25) is 0 Å². The number of benzene rings is 2. The van der Waals surface area contributed by atoms with Gasteiger partial charge in [0.2, 0.25) is 11.8 Å². The summed E-state index contributed by atoms with van der Waals surface area (Å²) in [7, 11) is 0. The number of esters is 1. The minimum Gasteiger partial charge on any atom is -0.462 e. The average molecular weight is 565 g/mol. The first-order valence-corrected chi connectivity index (χ1v) is 15.4. The van der Waals surface area contributed by atoms with E-state index in [0.717, 1.165) is 61.0 Å². The highest BCUT2D eigenvalue weighted by Crippen LogP contribution is 2.41. The van der Waals surface area contributed by atoms with Crippen LogP contribution in [-0.4, -0.2) is 24.4 Å². The summed E-state index contributed by atoms with van der Waals surface area (Å²) in [4.78, 5) is 41.2. The van der Waals surface area contributed by atoms with E-state index in [1.165, 1.54) is 28.0 Å². The summed E-state index contributed by atoms with van der Waals surface area (Å²) in [6.07, 6.45) is 7.26. The summed E-state index contributed by atoms with van der Waals surface area (Å²) < 4.78 is 5.40. The van der Waals surface area contributed by atoms with Crippen LogP contribution in [0.15, 0.2) is 59.5 Å². The highest BCUT2D eigenvalue weighted by molar-refractivity contribution is 8.00. The molecular formula is C31H36N2O4S2. The van der Waals surface area contributed by atoms with Gasteiger partial charge in [0.1, 0.15) is 10.3 Å². The van der Waals surface area contributed by atoms with Gasteiger partial charge >= 0.3 is 5.97 Å². The zero-order valence-electron chi connectivity index (χ0n) is 22.6.